The number of aliphatic hydroxyl groups is 1. The van der Waals surface area contributed by atoms with Crippen LogP contribution >= 0.6 is 0 Å². The van der Waals surface area contributed by atoms with Crippen LogP contribution in [0.5, 0.6) is 0 Å². The Morgan fingerprint density at radius 2 is 2.13 bits per heavy atom. The summed E-state index contributed by atoms with van der Waals surface area (Å²) in [5.41, 5.74) is 2.61. The Labute approximate surface area is 90.2 Å². The van der Waals surface area contributed by atoms with Gasteiger partial charge in [-0.2, -0.15) is 0 Å². The van der Waals surface area contributed by atoms with Gasteiger partial charge in [0.15, 0.2) is 0 Å². The zero-order chi connectivity index (χ0) is 10.8. The van der Waals surface area contributed by atoms with E-state index in [0.29, 0.717) is 0 Å². The Kier molecular flexibility index (Phi) is 2.78. The summed E-state index contributed by atoms with van der Waals surface area (Å²) in [5.74, 6) is 0. The second-order valence-electron chi connectivity index (χ2n) is 4.17. The second-order valence-corrected chi connectivity index (χ2v) is 4.17. The Bertz CT molecular complexity index is 457. The van der Waals surface area contributed by atoms with Crippen LogP contribution in [0.3, 0.4) is 0 Å². The van der Waals surface area contributed by atoms with Crippen molar-refractivity contribution in [3.05, 3.63) is 36.0 Å². The van der Waals surface area contributed by atoms with E-state index >= 15 is 0 Å². The highest BCUT2D eigenvalue weighted by Crippen LogP contribution is 2.20. The van der Waals surface area contributed by atoms with Crippen LogP contribution in [0, 0.1) is 0 Å². The van der Waals surface area contributed by atoms with Gasteiger partial charge in [0, 0.05) is 13.2 Å². The fraction of sp³-hybridized carbons (Fsp3) is 0.385. The standard InChI is InChI=1S/C13H17NO/c1-10(15)6-7-11-4-3-5-12-8-9-14(2)13(11)12/h3-5,8-10,15H,6-7H2,1-2H3. The number of nitrogens with zero attached hydrogens (tertiary/aromatic N) is 1. The number of aromatic nitrogens is 1. The number of hydrogen-bond acceptors (Lipinski definition) is 1. The van der Waals surface area contributed by atoms with Gasteiger partial charge in [0.1, 0.15) is 0 Å². The summed E-state index contributed by atoms with van der Waals surface area (Å²) in [6, 6.07) is 8.48. The molecule has 1 aromatic carbocycles. The van der Waals surface area contributed by atoms with Gasteiger partial charge in [-0.25, -0.2) is 0 Å². The molecule has 0 bridgehead atoms. The lowest BCUT2D eigenvalue weighted by atomic mass is 10.0. The van der Waals surface area contributed by atoms with E-state index in [4.69, 9.17) is 0 Å². The molecule has 0 radical (unpaired) electrons. The molecule has 0 aliphatic heterocycles. The molecule has 1 aromatic heterocycles. The highest BCUT2D eigenvalue weighted by Gasteiger charge is 2.05. The van der Waals surface area contributed by atoms with E-state index in [1.165, 1.54) is 16.5 Å². The fourth-order valence-corrected chi connectivity index (χ4v) is 2.01. The first-order valence-electron chi connectivity index (χ1n) is 5.39. The van der Waals surface area contributed by atoms with Crippen LogP contribution in [-0.4, -0.2) is 15.8 Å². The maximum absolute atomic E-state index is 9.30. The lowest BCUT2D eigenvalue weighted by Gasteiger charge is -2.07. The Hall–Kier alpha value is -1.28. The molecule has 1 N–H and O–H groups in total. The van der Waals surface area contributed by atoms with Crippen molar-refractivity contribution in [3.63, 3.8) is 0 Å². The zero-order valence-corrected chi connectivity index (χ0v) is 9.27. The molecule has 0 aliphatic rings. The van der Waals surface area contributed by atoms with Crippen molar-refractivity contribution in [2.45, 2.75) is 25.9 Å². The van der Waals surface area contributed by atoms with Gasteiger partial charge in [-0.15, -0.1) is 0 Å². The van der Waals surface area contributed by atoms with E-state index in [9.17, 15) is 5.11 Å². The van der Waals surface area contributed by atoms with Crippen molar-refractivity contribution in [1.29, 1.82) is 0 Å². The van der Waals surface area contributed by atoms with Crippen molar-refractivity contribution in [3.8, 4) is 0 Å². The first kappa shape index (κ1) is 10.2. The van der Waals surface area contributed by atoms with E-state index in [2.05, 4.69) is 42.1 Å². The molecule has 1 atom stereocenters. The van der Waals surface area contributed by atoms with E-state index in [0.717, 1.165) is 12.8 Å². The van der Waals surface area contributed by atoms with Gasteiger partial charge >= 0.3 is 0 Å². The van der Waals surface area contributed by atoms with E-state index in [1.54, 1.807) is 0 Å². The molecule has 80 valence electrons. The molecule has 0 amide bonds. The molecule has 15 heavy (non-hydrogen) atoms. The average Bonchev–Trinajstić information content (AvgIpc) is 2.58. The highest BCUT2D eigenvalue weighted by molar-refractivity contribution is 5.83. The van der Waals surface area contributed by atoms with Gasteiger partial charge in [0.25, 0.3) is 0 Å². The first-order valence-corrected chi connectivity index (χ1v) is 5.39. The Morgan fingerprint density at radius 3 is 2.87 bits per heavy atom. The lowest BCUT2D eigenvalue weighted by Crippen LogP contribution is -2.02. The van der Waals surface area contributed by atoms with E-state index in [1.807, 2.05) is 6.92 Å². The number of hydrogen-bond donors (Lipinski definition) is 1. The zero-order valence-electron chi connectivity index (χ0n) is 9.27. The topological polar surface area (TPSA) is 25.2 Å². The van der Waals surface area contributed by atoms with Gasteiger partial charge in [0.2, 0.25) is 0 Å². The van der Waals surface area contributed by atoms with E-state index in [-0.39, 0.29) is 6.10 Å². The van der Waals surface area contributed by atoms with Crippen LogP contribution < -0.4 is 0 Å². The first-order chi connectivity index (χ1) is 7.18. The molecule has 0 spiro atoms. The molecule has 2 heteroatoms. The SMILES string of the molecule is CC(O)CCc1cccc2ccn(C)c12. The summed E-state index contributed by atoms with van der Waals surface area (Å²) in [6.45, 7) is 1.84. The summed E-state index contributed by atoms with van der Waals surface area (Å²) in [5, 5.41) is 10.6. The molecule has 0 saturated heterocycles. The average molecular weight is 203 g/mol. The maximum atomic E-state index is 9.30. The van der Waals surface area contributed by atoms with Crippen LogP contribution in [0.25, 0.3) is 10.9 Å². The van der Waals surface area contributed by atoms with Crippen molar-refractivity contribution < 1.29 is 5.11 Å². The van der Waals surface area contributed by atoms with Crippen LogP contribution in [0.2, 0.25) is 0 Å². The smallest absolute Gasteiger partial charge is 0.0515 e. The minimum Gasteiger partial charge on any atom is -0.393 e. The molecule has 1 unspecified atom stereocenters. The van der Waals surface area contributed by atoms with Crippen molar-refractivity contribution in [2.24, 2.45) is 7.05 Å². The molecule has 2 aromatic rings. The summed E-state index contributed by atoms with van der Waals surface area (Å²) in [6.07, 6.45) is 3.62. The Morgan fingerprint density at radius 1 is 1.33 bits per heavy atom. The van der Waals surface area contributed by atoms with Gasteiger partial charge in [-0.1, -0.05) is 18.2 Å². The van der Waals surface area contributed by atoms with Crippen LogP contribution in [0.1, 0.15) is 18.9 Å². The minimum atomic E-state index is -0.222. The number of rotatable bonds is 3. The van der Waals surface area contributed by atoms with Crippen LogP contribution in [0.15, 0.2) is 30.5 Å². The van der Waals surface area contributed by atoms with Crippen molar-refractivity contribution >= 4 is 10.9 Å². The highest BCUT2D eigenvalue weighted by atomic mass is 16.3. The largest absolute Gasteiger partial charge is 0.393 e. The van der Waals surface area contributed by atoms with Crippen LogP contribution in [0.4, 0.5) is 0 Å². The summed E-state index contributed by atoms with van der Waals surface area (Å²) < 4.78 is 2.15. The normalized spacial score (nSPS) is 13.3. The third-order valence-corrected chi connectivity index (χ3v) is 2.81. The fourth-order valence-electron chi connectivity index (χ4n) is 2.01. The summed E-state index contributed by atoms with van der Waals surface area (Å²) in [7, 11) is 2.06. The molecule has 1 heterocycles. The second kappa shape index (κ2) is 4.07. The number of fused-ring (bicyclic) bond motifs is 1. The lowest BCUT2D eigenvalue weighted by molar-refractivity contribution is 0.185. The third-order valence-electron chi connectivity index (χ3n) is 2.81. The number of aryl methyl sites for hydroxylation is 2. The van der Waals surface area contributed by atoms with E-state index < -0.39 is 0 Å². The Balaban J connectivity index is 2.37. The molecular weight excluding hydrogens is 186 g/mol. The number of aliphatic hydroxyl groups excluding tert-OH is 1. The molecule has 0 aliphatic carbocycles. The van der Waals surface area contributed by atoms with Crippen LogP contribution in [-0.2, 0) is 13.5 Å². The van der Waals surface area contributed by atoms with Gasteiger partial charge in [0.05, 0.1) is 11.6 Å². The molecule has 0 fully saturated rings. The summed E-state index contributed by atoms with van der Waals surface area (Å²) >= 11 is 0. The minimum absolute atomic E-state index is 0.222. The third kappa shape index (κ3) is 2.05. The van der Waals surface area contributed by atoms with Gasteiger partial charge in [-0.3, -0.25) is 0 Å². The molecule has 0 saturated carbocycles. The van der Waals surface area contributed by atoms with Gasteiger partial charge in [-0.05, 0) is 36.8 Å². The maximum Gasteiger partial charge on any atom is 0.0515 e. The summed E-state index contributed by atoms with van der Waals surface area (Å²) in [4.78, 5) is 0. The molecular formula is C13H17NO. The quantitative estimate of drug-likeness (QED) is 0.814. The predicted molar refractivity (Wildman–Crippen MR) is 62.9 cm³/mol. The van der Waals surface area contributed by atoms with Crippen molar-refractivity contribution in [1.82, 2.24) is 4.57 Å². The molecule has 2 nitrogen and oxygen atoms in total. The number of para-hydroxylation sites is 1. The van der Waals surface area contributed by atoms with Gasteiger partial charge < -0.3 is 9.67 Å². The monoisotopic (exact) mass is 203 g/mol. The predicted octanol–water partition coefficient (Wildman–Crippen LogP) is 2.49. The number of benzene rings is 1. The van der Waals surface area contributed by atoms with Crippen molar-refractivity contribution in [2.75, 3.05) is 0 Å². The molecule has 2 rings (SSSR count).